The first-order valence-corrected chi connectivity index (χ1v) is 8.08. The van der Waals surface area contributed by atoms with Crippen LogP contribution in [0.5, 0.6) is 0 Å². The number of benzene rings is 2. The maximum atomic E-state index is 13.5. The fraction of sp³-hybridized carbons (Fsp3) is 0.278. The molecular weight excluding hydrogens is 350 g/mol. The summed E-state index contributed by atoms with van der Waals surface area (Å²) in [5.74, 6) is -1.50. The minimum absolute atomic E-state index is 0.138. The second kappa shape index (κ2) is 4.72. The molecule has 1 nitrogen and oxygen atoms in total. The quantitative estimate of drug-likeness (QED) is 0.667. The van der Waals surface area contributed by atoms with Gasteiger partial charge in [-0.2, -0.15) is 0 Å². The maximum Gasteiger partial charge on any atom is 0.169 e. The lowest BCUT2D eigenvalue weighted by Gasteiger charge is -2.33. The van der Waals surface area contributed by atoms with Crippen molar-refractivity contribution in [2.45, 2.75) is 25.7 Å². The number of rotatable bonds is 0. The van der Waals surface area contributed by atoms with Crippen molar-refractivity contribution >= 4 is 21.7 Å². The minimum Gasteiger partial charge on any atom is -0.294 e. The Morgan fingerprint density at radius 1 is 0.955 bits per heavy atom. The number of ketones is 1. The molecule has 0 aliphatic heterocycles. The van der Waals surface area contributed by atoms with E-state index in [0.717, 1.165) is 26.7 Å². The van der Waals surface area contributed by atoms with E-state index in [1.807, 2.05) is 18.2 Å². The zero-order valence-corrected chi connectivity index (χ0v) is 13.3. The number of Topliss-reactive ketones (excluding diaryl/α,β-unsaturated/α-hetero) is 1. The standard InChI is InChI=1S/C18H13BrF2O/c19-13-2-1-11-8-18(17(22)14(11)7-13)4-3-10-5-15(20)16(21)6-12(10)9-18/h1-2,5-7H,3-4,8-9H2. The minimum atomic E-state index is -0.832. The van der Waals surface area contributed by atoms with Gasteiger partial charge in [-0.1, -0.05) is 22.0 Å². The lowest BCUT2D eigenvalue weighted by molar-refractivity contribution is 0.0794. The SMILES string of the molecule is O=C1c2cc(Br)ccc2CC12CCc1cc(F)c(F)cc1C2. The predicted molar refractivity (Wildman–Crippen MR) is 83.0 cm³/mol. The Hall–Kier alpha value is -1.55. The van der Waals surface area contributed by atoms with E-state index >= 15 is 0 Å². The molecule has 0 heterocycles. The number of carbonyl (C=O) groups excluding carboxylic acids is 1. The molecule has 0 bridgehead atoms. The number of hydrogen-bond acceptors (Lipinski definition) is 1. The first kappa shape index (κ1) is 14.1. The third-order valence-electron chi connectivity index (χ3n) is 4.97. The van der Waals surface area contributed by atoms with Crippen molar-refractivity contribution in [1.29, 1.82) is 0 Å². The highest BCUT2D eigenvalue weighted by molar-refractivity contribution is 9.10. The molecule has 4 heteroatoms. The van der Waals surface area contributed by atoms with Crippen molar-refractivity contribution in [3.8, 4) is 0 Å². The van der Waals surface area contributed by atoms with E-state index in [1.54, 1.807) is 0 Å². The Kier molecular flexibility index (Phi) is 3.02. The van der Waals surface area contributed by atoms with Crippen LogP contribution in [0.25, 0.3) is 0 Å². The third-order valence-corrected chi connectivity index (χ3v) is 5.46. The maximum absolute atomic E-state index is 13.5. The van der Waals surface area contributed by atoms with Gasteiger partial charge in [0, 0.05) is 15.5 Å². The van der Waals surface area contributed by atoms with Crippen molar-refractivity contribution in [1.82, 2.24) is 0 Å². The van der Waals surface area contributed by atoms with Crippen LogP contribution in [0, 0.1) is 17.0 Å². The molecule has 2 aliphatic rings. The van der Waals surface area contributed by atoms with Gasteiger partial charge in [-0.05, 0) is 66.6 Å². The molecule has 0 fully saturated rings. The highest BCUT2D eigenvalue weighted by atomic mass is 79.9. The number of aryl methyl sites for hydroxylation is 1. The summed E-state index contributed by atoms with van der Waals surface area (Å²) in [5.41, 5.74) is 2.93. The van der Waals surface area contributed by atoms with Gasteiger partial charge >= 0.3 is 0 Å². The van der Waals surface area contributed by atoms with Crippen molar-refractivity contribution in [3.63, 3.8) is 0 Å². The van der Waals surface area contributed by atoms with Crippen LogP contribution >= 0.6 is 15.9 Å². The summed E-state index contributed by atoms with van der Waals surface area (Å²) >= 11 is 3.40. The molecule has 2 aromatic carbocycles. The summed E-state index contributed by atoms with van der Waals surface area (Å²) in [6, 6.07) is 8.33. The second-order valence-corrected chi connectivity index (χ2v) is 7.22. The van der Waals surface area contributed by atoms with Crippen molar-refractivity contribution in [2.24, 2.45) is 5.41 Å². The van der Waals surface area contributed by atoms with Crippen LogP contribution in [-0.2, 0) is 19.3 Å². The summed E-state index contributed by atoms with van der Waals surface area (Å²) < 4.78 is 27.8. The van der Waals surface area contributed by atoms with Gasteiger partial charge in [0.1, 0.15) is 0 Å². The average molecular weight is 363 g/mol. The van der Waals surface area contributed by atoms with Gasteiger partial charge in [-0.15, -0.1) is 0 Å². The predicted octanol–water partition coefficient (Wildman–Crippen LogP) is 4.64. The summed E-state index contributed by atoms with van der Waals surface area (Å²) in [5, 5.41) is 0. The molecule has 4 rings (SSSR count). The van der Waals surface area contributed by atoms with Gasteiger partial charge in [-0.25, -0.2) is 8.78 Å². The van der Waals surface area contributed by atoms with Gasteiger partial charge in [0.05, 0.1) is 0 Å². The Balaban J connectivity index is 1.76. The molecule has 0 saturated carbocycles. The van der Waals surface area contributed by atoms with E-state index in [0.29, 0.717) is 25.7 Å². The number of carbonyl (C=O) groups is 1. The molecule has 0 aromatic heterocycles. The van der Waals surface area contributed by atoms with Crippen molar-refractivity contribution in [2.75, 3.05) is 0 Å². The average Bonchev–Trinajstić information content (AvgIpc) is 2.74. The molecule has 2 aromatic rings. The molecule has 0 N–H and O–H groups in total. The highest BCUT2D eigenvalue weighted by Gasteiger charge is 2.47. The number of halogens is 3. The molecule has 1 atom stereocenters. The van der Waals surface area contributed by atoms with E-state index in [4.69, 9.17) is 0 Å². The molecule has 1 spiro atoms. The number of hydrogen-bond donors (Lipinski definition) is 0. The van der Waals surface area contributed by atoms with Gasteiger partial charge in [0.2, 0.25) is 0 Å². The summed E-state index contributed by atoms with van der Waals surface area (Å²) in [7, 11) is 0. The topological polar surface area (TPSA) is 17.1 Å². The molecule has 112 valence electrons. The van der Waals surface area contributed by atoms with Crippen LogP contribution in [0.4, 0.5) is 8.78 Å². The molecule has 22 heavy (non-hydrogen) atoms. The second-order valence-electron chi connectivity index (χ2n) is 6.30. The van der Waals surface area contributed by atoms with E-state index in [-0.39, 0.29) is 5.78 Å². The zero-order chi connectivity index (χ0) is 15.5. The van der Waals surface area contributed by atoms with Crippen molar-refractivity contribution < 1.29 is 13.6 Å². The van der Waals surface area contributed by atoms with Gasteiger partial charge in [-0.3, -0.25) is 4.79 Å². The van der Waals surface area contributed by atoms with E-state index in [1.165, 1.54) is 12.1 Å². The Labute approximate surface area is 135 Å². The normalized spacial score (nSPS) is 22.8. The molecule has 1 unspecified atom stereocenters. The first-order chi connectivity index (χ1) is 10.5. The third kappa shape index (κ3) is 1.97. The van der Waals surface area contributed by atoms with Crippen LogP contribution in [0.15, 0.2) is 34.8 Å². The molecular formula is C18H13BrF2O. The van der Waals surface area contributed by atoms with E-state index < -0.39 is 17.0 Å². The van der Waals surface area contributed by atoms with E-state index in [9.17, 15) is 13.6 Å². The van der Waals surface area contributed by atoms with Crippen LogP contribution in [0.2, 0.25) is 0 Å². The molecule has 2 aliphatic carbocycles. The molecule has 0 amide bonds. The highest BCUT2D eigenvalue weighted by Crippen LogP contribution is 2.46. The van der Waals surface area contributed by atoms with Gasteiger partial charge in [0.15, 0.2) is 17.4 Å². The number of fused-ring (bicyclic) bond motifs is 2. The van der Waals surface area contributed by atoms with E-state index in [2.05, 4.69) is 15.9 Å². The largest absolute Gasteiger partial charge is 0.294 e. The lowest BCUT2D eigenvalue weighted by Crippen LogP contribution is -2.35. The van der Waals surface area contributed by atoms with Crippen LogP contribution in [0.1, 0.15) is 33.5 Å². The summed E-state index contributed by atoms with van der Waals surface area (Å²) in [4.78, 5) is 12.9. The Morgan fingerprint density at radius 3 is 2.41 bits per heavy atom. The van der Waals surface area contributed by atoms with Crippen LogP contribution in [-0.4, -0.2) is 5.78 Å². The fourth-order valence-electron chi connectivity index (χ4n) is 3.84. The zero-order valence-electron chi connectivity index (χ0n) is 11.8. The Bertz CT molecular complexity index is 815. The molecule has 0 saturated heterocycles. The summed E-state index contributed by atoms with van der Waals surface area (Å²) in [6.07, 6.45) is 2.49. The first-order valence-electron chi connectivity index (χ1n) is 7.29. The van der Waals surface area contributed by atoms with Crippen molar-refractivity contribution in [3.05, 3.63) is 68.7 Å². The van der Waals surface area contributed by atoms with Gasteiger partial charge in [0.25, 0.3) is 0 Å². The monoisotopic (exact) mass is 362 g/mol. The van der Waals surface area contributed by atoms with Crippen LogP contribution < -0.4 is 0 Å². The lowest BCUT2D eigenvalue weighted by atomic mass is 9.69. The summed E-state index contributed by atoms with van der Waals surface area (Å²) in [6.45, 7) is 0. The Morgan fingerprint density at radius 2 is 1.64 bits per heavy atom. The smallest absolute Gasteiger partial charge is 0.169 e. The fourth-order valence-corrected chi connectivity index (χ4v) is 4.20. The molecule has 0 radical (unpaired) electrons. The van der Waals surface area contributed by atoms with Crippen LogP contribution in [0.3, 0.4) is 0 Å². The van der Waals surface area contributed by atoms with Gasteiger partial charge < -0.3 is 0 Å².